The Hall–Kier alpha value is -4.16. The van der Waals surface area contributed by atoms with Gasteiger partial charge < -0.3 is 31.8 Å². The Morgan fingerprint density at radius 2 is 1.33 bits per heavy atom. The van der Waals surface area contributed by atoms with Gasteiger partial charge in [-0.2, -0.15) is 12.6 Å². The third-order valence-electron chi connectivity index (χ3n) is 5.96. The number of rotatable bonds is 14. The first-order chi connectivity index (χ1) is 18.8. The van der Waals surface area contributed by atoms with Crippen molar-refractivity contribution < 1.29 is 24.3 Å². The second kappa shape index (κ2) is 14.7. The fourth-order valence-corrected chi connectivity index (χ4v) is 4.11. The number of imidazole rings is 1. The van der Waals surface area contributed by atoms with Crippen molar-refractivity contribution in [2.75, 3.05) is 5.75 Å². The summed E-state index contributed by atoms with van der Waals surface area (Å²) < 4.78 is 0. The highest BCUT2D eigenvalue weighted by Gasteiger charge is 2.30. The molecule has 4 atom stereocenters. The summed E-state index contributed by atoms with van der Waals surface area (Å²) in [7, 11) is 0. The Balaban J connectivity index is 1.69. The average Bonchev–Trinajstić information content (AvgIpc) is 3.45. The summed E-state index contributed by atoms with van der Waals surface area (Å²) in [5.74, 6) is -3.17. The van der Waals surface area contributed by atoms with Crippen LogP contribution in [0.3, 0.4) is 0 Å². The van der Waals surface area contributed by atoms with E-state index in [2.05, 4.69) is 38.5 Å². The van der Waals surface area contributed by atoms with Gasteiger partial charge in [0.2, 0.25) is 17.7 Å². The highest BCUT2D eigenvalue weighted by Crippen LogP contribution is 2.07. The van der Waals surface area contributed by atoms with Crippen LogP contribution in [0.5, 0.6) is 0 Å². The zero-order chi connectivity index (χ0) is 28.2. The smallest absolute Gasteiger partial charge is 0.326 e. The summed E-state index contributed by atoms with van der Waals surface area (Å²) >= 11 is 4.20. The summed E-state index contributed by atoms with van der Waals surface area (Å²) in [6.07, 6.45) is 3.22. The van der Waals surface area contributed by atoms with Crippen LogP contribution >= 0.6 is 12.6 Å². The topological polar surface area (TPSA) is 179 Å². The van der Waals surface area contributed by atoms with Gasteiger partial charge in [-0.15, -0.1) is 0 Å². The predicted octanol–water partition coefficient (Wildman–Crippen LogP) is 0.234. The van der Waals surface area contributed by atoms with Crippen LogP contribution in [0.2, 0.25) is 0 Å². The number of carboxylic acid groups (broad SMARTS) is 1. The van der Waals surface area contributed by atoms with Crippen molar-refractivity contribution in [1.29, 1.82) is 0 Å². The molecule has 11 nitrogen and oxygen atoms in total. The van der Waals surface area contributed by atoms with Crippen LogP contribution in [0, 0.1) is 0 Å². The van der Waals surface area contributed by atoms with Crippen molar-refractivity contribution in [2.45, 2.75) is 43.4 Å². The van der Waals surface area contributed by atoms with Crippen LogP contribution < -0.4 is 21.7 Å². The van der Waals surface area contributed by atoms with Gasteiger partial charge in [0, 0.05) is 30.5 Å². The number of nitrogens with one attached hydrogen (secondary N) is 4. The van der Waals surface area contributed by atoms with Crippen molar-refractivity contribution in [3.63, 3.8) is 0 Å². The van der Waals surface area contributed by atoms with Crippen LogP contribution in [-0.4, -0.2) is 68.7 Å². The molecule has 0 saturated carbocycles. The number of hydrogen-bond donors (Lipinski definition) is 7. The van der Waals surface area contributed by atoms with Crippen LogP contribution in [0.1, 0.15) is 16.8 Å². The van der Waals surface area contributed by atoms with Gasteiger partial charge in [-0.1, -0.05) is 60.7 Å². The molecule has 3 aromatic rings. The third-order valence-corrected chi connectivity index (χ3v) is 6.33. The van der Waals surface area contributed by atoms with Crippen molar-refractivity contribution in [3.05, 3.63) is 90.0 Å². The number of aromatic nitrogens is 2. The minimum atomic E-state index is -1.26. The normalized spacial score (nSPS) is 13.9. The Bertz CT molecular complexity index is 1230. The average molecular weight is 553 g/mol. The molecule has 0 aliphatic carbocycles. The molecule has 7 N–H and O–H groups in total. The molecular weight excluding hydrogens is 520 g/mol. The van der Waals surface area contributed by atoms with E-state index in [1.165, 1.54) is 12.5 Å². The number of nitrogens with zero attached hydrogens (tertiary/aromatic N) is 1. The molecule has 0 fully saturated rings. The van der Waals surface area contributed by atoms with E-state index < -0.39 is 47.9 Å². The van der Waals surface area contributed by atoms with Crippen molar-refractivity contribution in [1.82, 2.24) is 25.9 Å². The summed E-state index contributed by atoms with van der Waals surface area (Å²) in [4.78, 5) is 57.6. The molecule has 206 valence electrons. The molecule has 2 aromatic carbocycles. The van der Waals surface area contributed by atoms with Gasteiger partial charge in [0.05, 0.1) is 12.4 Å². The van der Waals surface area contributed by atoms with Crippen molar-refractivity contribution in [3.8, 4) is 0 Å². The Morgan fingerprint density at radius 3 is 1.87 bits per heavy atom. The maximum absolute atomic E-state index is 13.2. The summed E-state index contributed by atoms with van der Waals surface area (Å²) in [5, 5.41) is 17.4. The second-order valence-electron chi connectivity index (χ2n) is 8.97. The van der Waals surface area contributed by atoms with Crippen molar-refractivity contribution in [2.24, 2.45) is 5.73 Å². The Morgan fingerprint density at radius 1 is 0.795 bits per heavy atom. The van der Waals surface area contributed by atoms with E-state index in [0.717, 1.165) is 11.1 Å². The van der Waals surface area contributed by atoms with E-state index >= 15 is 0 Å². The lowest BCUT2D eigenvalue weighted by atomic mass is 10.0. The first-order valence-corrected chi connectivity index (χ1v) is 13.0. The monoisotopic (exact) mass is 552 g/mol. The molecule has 0 bridgehead atoms. The zero-order valence-electron chi connectivity index (χ0n) is 21.1. The zero-order valence-corrected chi connectivity index (χ0v) is 22.0. The molecule has 4 unspecified atom stereocenters. The fourth-order valence-electron chi connectivity index (χ4n) is 3.85. The maximum atomic E-state index is 13.2. The molecule has 39 heavy (non-hydrogen) atoms. The molecule has 1 aromatic heterocycles. The minimum absolute atomic E-state index is 0.0261. The minimum Gasteiger partial charge on any atom is -0.480 e. The molecule has 0 saturated heterocycles. The Kier molecular flexibility index (Phi) is 11.1. The standard InChI is InChI=1S/C27H32N6O5S/c28-20(11-17-7-3-1-4-8-17)24(34)33-23(15-39)26(36)31-21(12-18-9-5-2-6-10-18)25(35)32-22(27(37)38)13-19-14-29-16-30-19/h1-10,14,16,20-23,39H,11-13,15,28H2,(H,29,30)(H,31,36)(H,32,35)(H,33,34)(H,37,38). The van der Waals surface area contributed by atoms with Crippen LogP contribution in [0.25, 0.3) is 0 Å². The summed E-state index contributed by atoms with van der Waals surface area (Å²) in [5.41, 5.74) is 8.19. The quantitative estimate of drug-likeness (QED) is 0.140. The molecule has 0 radical (unpaired) electrons. The molecular formula is C27H32N6O5S. The molecule has 1 heterocycles. The SMILES string of the molecule is NC(Cc1ccccc1)C(=O)NC(CS)C(=O)NC(Cc1ccccc1)C(=O)NC(Cc1cnc[nH]1)C(=O)O. The lowest BCUT2D eigenvalue weighted by Crippen LogP contribution is -2.58. The number of carbonyl (C=O) groups excluding carboxylic acids is 3. The van der Waals surface area contributed by atoms with Gasteiger partial charge in [0.15, 0.2) is 0 Å². The van der Waals surface area contributed by atoms with E-state index in [1.807, 2.05) is 36.4 Å². The molecule has 3 amide bonds. The highest BCUT2D eigenvalue weighted by atomic mass is 32.1. The molecule has 12 heteroatoms. The number of H-pyrrole nitrogens is 1. The lowest BCUT2D eigenvalue weighted by molar-refractivity contribution is -0.142. The number of nitrogens with two attached hydrogens (primary N) is 1. The van der Waals surface area contributed by atoms with Gasteiger partial charge in [-0.05, 0) is 17.5 Å². The lowest BCUT2D eigenvalue weighted by Gasteiger charge is -2.24. The molecule has 0 spiro atoms. The van der Waals surface area contributed by atoms with Crippen LogP contribution in [0.4, 0.5) is 0 Å². The van der Waals surface area contributed by atoms with E-state index in [4.69, 9.17) is 5.73 Å². The van der Waals surface area contributed by atoms with Crippen LogP contribution in [0.15, 0.2) is 73.2 Å². The number of carboxylic acids is 1. The maximum Gasteiger partial charge on any atom is 0.326 e. The largest absolute Gasteiger partial charge is 0.480 e. The molecule has 0 aliphatic heterocycles. The summed E-state index contributed by atoms with van der Waals surface area (Å²) in [6, 6.07) is 13.8. The third kappa shape index (κ3) is 9.27. The highest BCUT2D eigenvalue weighted by molar-refractivity contribution is 7.80. The molecule has 0 aliphatic rings. The van der Waals surface area contributed by atoms with E-state index in [0.29, 0.717) is 5.69 Å². The van der Waals surface area contributed by atoms with Crippen molar-refractivity contribution >= 4 is 36.3 Å². The number of benzene rings is 2. The fraction of sp³-hybridized carbons (Fsp3) is 0.296. The van der Waals surface area contributed by atoms with Gasteiger partial charge in [-0.25, -0.2) is 9.78 Å². The first kappa shape index (κ1) is 29.4. The second-order valence-corrected chi connectivity index (χ2v) is 9.34. The number of aromatic amines is 1. The van der Waals surface area contributed by atoms with Gasteiger partial charge in [0.1, 0.15) is 18.1 Å². The number of carbonyl (C=O) groups is 4. The number of amides is 3. The predicted molar refractivity (Wildman–Crippen MR) is 148 cm³/mol. The molecule has 3 rings (SSSR count). The van der Waals surface area contributed by atoms with E-state index in [1.54, 1.807) is 24.3 Å². The van der Waals surface area contributed by atoms with Gasteiger partial charge in [-0.3, -0.25) is 14.4 Å². The number of aliphatic carboxylic acids is 1. The Labute approximate surface area is 231 Å². The first-order valence-electron chi connectivity index (χ1n) is 12.3. The number of hydrogen-bond acceptors (Lipinski definition) is 7. The van der Waals surface area contributed by atoms with Gasteiger partial charge >= 0.3 is 5.97 Å². The van der Waals surface area contributed by atoms with E-state index in [-0.39, 0.29) is 25.0 Å². The number of thiol groups is 1. The van der Waals surface area contributed by atoms with Gasteiger partial charge in [0.25, 0.3) is 0 Å². The van der Waals surface area contributed by atoms with E-state index in [9.17, 15) is 24.3 Å². The summed E-state index contributed by atoms with van der Waals surface area (Å²) in [6.45, 7) is 0. The van der Waals surface area contributed by atoms with Crippen LogP contribution in [-0.2, 0) is 38.4 Å².